The van der Waals surface area contributed by atoms with E-state index in [0.717, 1.165) is 24.0 Å². The second-order valence-corrected chi connectivity index (χ2v) is 4.55. The minimum Gasteiger partial charge on any atom is -0.193 e. The summed E-state index contributed by atoms with van der Waals surface area (Å²) < 4.78 is 0. The van der Waals surface area contributed by atoms with Gasteiger partial charge >= 0.3 is 0 Å². The maximum Gasteiger partial charge on any atom is 0.0953 e. The first kappa shape index (κ1) is 9.03. The van der Waals surface area contributed by atoms with Crippen molar-refractivity contribution in [3.8, 4) is 12.1 Å². The number of allylic oxidation sites excluding steroid dienone is 4. The van der Waals surface area contributed by atoms with Gasteiger partial charge in [0.1, 0.15) is 0 Å². The molecular weight excluding hydrogens is 172 g/mol. The van der Waals surface area contributed by atoms with Crippen LogP contribution in [0.15, 0.2) is 23.3 Å². The van der Waals surface area contributed by atoms with E-state index in [-0.39, 0.29) is 10.8 Å². The smallest absolute Gasteiger partial charge is 0.0953 e. The molecule has 2 heteroatoms. The van der Waals surface area contributed by atoms with Crippen LogP contribution in [0.1, 0.15) is 26.7 Å². The minimum absolute atomic E-state index is 0.0587. The maximum absolute atomic E-state index is 9.05. The van der Waals surface area contributed by atoms with Gasteiger partial charge in [0.15, 0.2) is 0 Å². The first-order chi connectivity index (χ1) is 6.58. The van der Waals surface area contributed by atoms with Crippen molar-refractivity contribution in [3.05, 3.63) is 23.3 Å². The number of nitrogens with zero attached hydrogens (tertiary/aromatic N) is 2. The van der Waals surface area contributed by atoms with Crippen molar-refractivity contribution in [1.29, 1.82) is 10.5 Å². The molecule has 0 heterocycles. The third-order valence-corrected chi connectivity index (χ3v) is 4.04. The van der Waals surface area contributed by atoms with E-state index >= 15 is 0 Å². The Morgan fingerprint density at radius 1 is 1.07 bits per heavy atom. The van der Waals surface area contributed by atoms with Crippen molar-refractivity contribution in [3.63, 3.8) is 0 Å². The monoisotopic (exact) mass is 184 g/mol. The summed E-state index contributed by atoms with van der Waals surface area (Å²) in [6, 6.07) is 4.47. The lowest BCUT2D eigenvalue weighted by Crippen LogP contribution is -2.31. The van der Waals surface area contributed by atoms with E-state index in [9.17, 15) is 0 Å². The highest BCUT2D eigenvalue weighted by Crippen LogP contribution is 2.62. The summed E-state index contributed by atoms with van der Waals surface area (Å²) in [6.45, 7) is 4.19. The molecule has 2 rings (SSSR count). The zero-order valence-electron chi connectivity index (χ0n) is 8.46. The number of rotatable bonds is 0. The fourth-order valence-electron chi connectivity index (χ4n) is 2.66. The molecule has 2 nitrogen and oxygen atoms in total. The summed E-state index contributed by atoms with van der Waals surface area (Å²) in [5, 5.41) is 18.1. The number of nitriles is 2. The molecule has 0 saturated heterocycles. The quantitative estimate of drug-likeness (QED) is 0.581. The number of hydrogen-bond donors (Lipinski definition) is 0. The maximum atomic E-state index is 9.05. The highest BCUT2D eigenvalue weighted by atomic mass is 14.6. The number of hydrogen-bond acceptors (Lipinski definition) is 2. The van der Waals surface area contributed by atoms with Gasteiger partial charge in [-0.2, -0.15) is 10.5 Å². The molecule has 0 aliphatic heterocycles. The summed E-state index contributed by atoms with van der Waals surface area (Å²) in [5.74, 6) is 0. The van der Waals surface area contributed by atoms with Crippen molar-refractivity contribution in [2.24, 2.45) is 10.8 Å². The molecule has 0 spiro atoms. The molecule has 2 aliphatic carbocycles. The molecule has 0 radical (unpaired) electrons. The number of fused-ring (bicyclic) bond motifs is 1. The molecule has 0 aromatic carbocycles. The lowest BCUT2D eigenvalue weighted by molar-refractivity contribution is 0.206. The SMILES string of the molecule is CC12CC=C(C#N)C1(C)C(C#N)=CC2. The Bertz CT molecular complexity index is 392. The van der Waals surface area contributed by atoms with E-state index in [1.165, 1.54) is 0 Å². The summed E-state index contributed by atoms with van der Waals surface area (Å²) in [5.41, 5.74) is 1.27. The highest BCUT2D eigenvalue weighted by Gasteiger charge is 2.55. The van der Waals surface area contributed by atoms with Gasteiger partial charge in [-0.1, -0.05) is 19.1 Å². The van der Waals surface area contributed by atoms with Crippen LogP contribution in [0.3, 0.4) is 0 Å². The third-order valence-electron chi connectivity index (χ3n) is 4.04. The van der Waals surface area contributed by atoms with Crippen molar-refractivity contribution < 1.29 is 0 Å². The average Bonchev–Trinajstić information content (AvgIpc) is 2.55. The molecule has 0 unspecified atom stereocenters. The Balaban J connectivity index is 2.58. The van der Waals surface area contributed by atoms with Gasteiger partial charge < -0.3 is 0 Å². The van der Waals surface area contributed by atoms with Gasteiger partial charge in [-0.25, -0.2) is 0 Å². The molecular formula is C12H12N2. The molecule has 0 N–H and O–H groups in total. The standard InChI is InChI=1S/C12H12N2/c1-11-5-3-9(7-13)12(11,2)10(8-14)4-6-11/h3-4H,5-6H2,1-2H3. The molecule has 2 aliphatic rings. The van der Waals surface area contributed by atoms with Crippen molar-refractivity contribution in [2.45, 2.75) is 26.7 Å². The second-order valence-electron chi connectivity index (χ2n) is 4.55. The third kappa shape index (κ3) is 0.744. The topological polar surface area (TPSA) is 47.6 Å². The predicted molar refractivity (Wildman–Crippen MR) is 52.8 cm³/mol. The van der Waals surface area contributed by atoms with E-state index in [1.54, 1.807) is 0 Å². The zero-order valence-corrected chi connectivity index (χ0v) is 8.46. The van der Waals surface area contributed by atoms with E-state index in [2.05, 4.69) is 19.1 Å². The van der Waals surface area contributed by atoms with Crippen molar-refractivity contribution in [2.75, 3.05) is 0 Å². The summed E-state index contributed by atoms with van der Waals surface area (Å²) in [4.78, 5) is 0. The molecule has 0 atom stereocenters. The Morgan fingerprint density at radius 2 is 1.50 bits per heavy atom. The van der Waals surface area contributed by atoms with Crippen LogP contribution in [-0.2, 0) is 0 Å². The molecule has 0 amide bonds. The van der Waals surface area contributed by atoms with Gasteiger partial charge in [0.2, 0.25) is 0 Å². The summed E-state index contributed by atoms with van der Waals surface area (Å²) >= 11 is 0. The Kier molecular flexibility index (Phi) is 1.60. The van der Waals surface area contributed by atoms with Gasteiger partial charge in [-0.3, -0.25) is 0 Å². The van der Waals surface area contributed by atoms with E-state index in [4.69, 9.17) is 10.5 Å². The van der Waals surface area contributed by atoms with Gasteiger partial charge in [-0.05, 0) is 25.2 Å². The fourth-order valence-corrected chi connectivity index (χ4v) is 2.66. The van der Waals surface area contributed by atoms with Crippen LogP contribution in [0.25, 0.3) is 0 Å². The van der Waals surface area contributed by atoms with E-state index in [0.29, 0.717) is 0 Å². The van der Waals surface area contributed by atoms with Crippen molar-refractivity contribution >= 4 is 0 Å². The first-order valence-corrected chi connectivity index (χ1v) is 4.80. The average molecular weight is 184 g/mol. The summed E-state index contributed by atoms with van der Waals surface area (Å²) in [7, 11) is 0. The van der Waals surface area contributed by atoms with Gasteiger partial charge in [-0.15, -0.1) is 0 Å². The molecule has 0 fully saturated rings. The van der Waals surface area contributed by atoms with Crippen LogP contribution in [0, 0.1) is 33.5 Å². The molecule has 0 aromatic heterocycles. The van der Waals surface area contributed by atoms with Gasteiger partial charge in [0.25, 0.3) is 0 Å². The Hall–Kier alpha value is -1.54. The minimum atomic E-state index is -0.323. The largest absolute Gasteiger partial charge is 0.193 e. The van der Waals surface area contributed by atoms with Crippen LogP contribution in [0.5, 0.6) is 0 Å². The molecule has 70 valence electrons. The molecule has 0 aromatic rings. The predicted octanol–water partition coefficient (Wildman–Crippen LogP) is 2.71. The fraction of sp³-hybridized carbons (Fsp3) is 0.500. The highest BCUT2D eigenvalue weighted by molar-refractivity contribution is 5.52. The van der Waals surface area contributed by atoms with Crippen molar-refractivity contribution in [1.82, 2.24) is 0 Å². The van der Waals surface area contributed by atoms with E-state index in [1.807, 2.05) is 19.1 Å². The van der Waals surface area contributed by atoms with Gasteiger partial charge in [0, 0.05) is 16.6 Å². The Morgan fingerprint density at radius 3 is 1.86 bits per heavy atom. The zero-order chi connectivity index (χ0) is 10.4. The molecule has 0 saturated carbocycles. The van der Waals surface area contributed by atoms with Crippen LogP contribution < -0.4 is 0 Å². The van der Waals surface area contributed by atoms with Crippen LogP contribution in [-0.4, -0.2) is 0 Å². The normalized spacial score (nSPS) is 39.4. The van der Waals surface area contributed by atoms with Crippen LogP contribution in [0.4, 0.5) is 0 Å². The second kappa shape index (κ2) is 2.49. The lowest BCUT2D eigenvalue weighted by Gasteiger charge is -2.36. The van der Waals surface area contributed by atoms with Crippen LogP contribution in [0.2, 0.25) is 0 Å². The first-order valence-electron chi connectivity index (χ1n) is 4.80. The molecule has 0 bridgehead atoms. The summed E-state index contributed by atoms with van der Waals surface area (Å²) in [6.07, 6.45) is 5.80. The molecule has 14 heavy (non-hydrogen) atoms. The van der Waals surface area contributed by atoms with Crippen LogP contribution >= 0.6 is 0 Å². The Labute approximate surface area is 84.1 Å². The van der Waals surface area contributed by atoms with E-state index < -0.39 is 0 Å². The lowest BCUT2D eigenvalue weighted by atomic mass is 9.64. The van der Waals surface area contributed by atoms with Gasteiger partial charge in [0.05, 0.1) is 12.1 Å².